The van der Waals surface area contributed by atoms with Crippen molar-refractivity contribution >= 4 is 12.0 Å². The largest absolute Gasteiger partial charge is 0.442 e. The Morgan fingerprint density at radius 3 is 2.32 bits per heavy atom. The van der Waals surface area contributed by atoms with Crippen LogP contribution in [0.25, 0.3) is 11.3 Å². The molecule has 0 atom stereocenters. The third-order valence-corrected chi connectivity index (χ3v) is 2.68. The van der Waals surface area contributed by atoms with Gasteiger partial charge in [0, 0.05) is 5.56 Å². The van der Waals surface area contributed by atoms with Gasteiger partial charge in [0.05, 0.1) is 11.8 Å². The Labute approximate surface area is 126 Å². The van der Waals surface area contributed by atoms with Crippen molar-refractivity contribution in [1.82, 2.24) is 9.78 Å². The van der Waals surface area contributed by atoms with E-state index in [-0.39, 0.29) is 11.3 Å². The van der Waals surface area contributed by atoms with Crippen LogP contribution in [0.5, 0.6) is 0 Å². The number of amides is 1. The molecule has 0 spiro atoms. The molecule has 1 heterocycles. The molecule has 0 aliphatic carbocycles. The number of halogens is 1. The lowest BCUT2D eigenvalue weighted by atomic mass is 10.1. The van der Waals surface area contributed by atoms with Gasteiger partial charge in [-0.2, -0.15) is 9.78 Å². The zero-order valence-corrected chi connectivity index (χ0v) is 12.5. The number of ether oxygens (including phenoxy) is 1. The molecule has 2 N–H and O–H groups in total. The third kappa shape index (κ3) is 3.49. The van der Waals surface area contributed by atoms with E-state index < -0.39 is 23.4 Å². The molecule has 22 heavy (non-hydrogen) atoms. The van der Waals surface area contributed by atoms with Crippen LogP contribution in [-0.2, 0) is 4.74 Å². The zero-order chi connectivity index (χ0) is 16.5. The fraction of sp³-hybridized carbons (Fsp3) is 0.267. The Morgan fingerprint density at radius 2 is 1.82 bits per heavy atom. The number of nitrogens with two attached hydrogens (primary N) is 1. The second-order valence-corrected chi connectivity index (χ2v) is 5.69. The predicted octanol–water partition coefficient (Wildman–Crippen LogP) is 2.57. The van der Waals surface area contributed by atoms with Gasteiger partial charge in [-0.1, -0.05) is 0 Å². The second kappa shape index (κ2) is 5.59. The summed E-state index contributed by atoms with van der Waals surface area (Å²) >= 11 is 0. The molecule has 7 heteroatoms. The first-order valence-corrected chi connectivity index (χ1v) is 6.56. The molecular weight excluding hydrogens is 289 g/mol. The van der Waals surface area contributed by atoms with E-state index in [0.29, 0.717) is 5.56 Å². The van der Waals surface area contributed by atoms with Gasteiger partial charge < -0.3 is 10.5 Å². The molecule has 1 amide bonds. The molecule has 1 aromatic carbocycles. The maximum Gasteiger partial charge on any atom is 0.435 e. The number of carbonyl (C=O) groups excluding carboxylic acids is 2. The van der Waals surface area contributed by atoms with E-state index in [2.05, 4.69) is 5.10 Å². The minimum absolute atomic E-state index is 0.0532. The van der Waals surface area contributed by atoms with Gasteiger partial charge in [0.2, 0.25) is 0 Å². The monoisotopic (exact) mass is 305 g/mol. The number of aromatic nitrogens is 2. The molecule has 116 valence electrons. The molecule has 0 unspecified atom stereocenters. The minimum Gasteiger partial charge on any atom is -0.442 e. The van der Waals surface area contributed by atoms with Crippen LogP contribution in [0.2, 0.25) is 0 Å². The smallest absolute Gasteiger partial charge is 0.435 e. The first-order valence-electron chi connectivity index (χ1n) is 6.56. The summed E-state index contributed by atoms with van der Waals surface area (Å²) in [5.41, 5.74) is 5.32. The second-order valence-electron chi connectivity index (χ2n) is 5.69. The number of rotatable bonds is 2. The van der Waals surface area contributed by atoms with Crippen molar-refractivity contribution in [3.8, 4) is 11.3 Å². The Morgan fingerprint density at radius 1 is 1.23 bits per heavy atom. The van der Waals surface area contributed by atoms with E-state index in [1.54, 1.807) is 20.8 Å². The number of nitrogens with zero attached hydrogens (tertiary/aromatic N) is 2. The average molecular weight is 305 g/mol. The Hall–Kier alpha value is -2.70. The maximum atomic E-state index is 13.0. The predicted molar refractivity (Wildman–Crippen MR) is 77.8 cm³/mol. The van der Waals surface area contributed by atoms with Crippen LogP contribution in [0.3, 0.4) is 0 Å². The van der Waals surface area contributed by atoms with Crippen LogP contribution in [0.15, 0.2) is 30.5 Å². The van der Waals surface area contributed by atoms with E-state index in [0.717, 1.165) is 4.68 Å². The summed E-state index contributed by atoms with van der Waals surface area (Å²) in [5, 5.41) is 4.03. The Balaban J connectivity index is 2.44. The van der Waals surface area contributed by atoms with Crippen LogP contribution < -0.4 is 5.73 Å². The average Bonchev–Trinajstić information content (AvgIpc) is 2.83. The van der Waals surface area contributed by atoms with Gasteiger partial charge in [-0.05, 0) is 45.0 Å². The maximum absolute atomic E-state index is 13.0. The first kappa shape index (κ1) is 15.7. The number of benzene rings is 1. The zero-order valence-electron chi connectivity index (χ0n) is 12.5. The van der Waals surface area contributed by atoms with Crippen molar-refractivity contribution in [2.75, 3.05) is 0 Å². The van der Waals surface area contributed by atoms with E-state index in [4.69, 9.17) is 10.5 Å². The fourth-order valence-electron chi connectivity index (χ4n) is 1.78. The summed E-state index contributed by atoms with van der Waals surface area (Å²) in [6.07, 6.45) is 0.470. The summed E-state index contributed by atoms with van der Waals surface area (Å²) in [7, 11) is 0. The van der Waals surface area contributed by atoms with Crippen molar-refractivity contribution in [3.05, 3.63) is 41.8 Å². The van der Waals surface area contributed by atoms with Gasteiger partial charge in [-0.25, -0.2) is 9.18 Å². The number of carbonyl (C=O) groups is 2. The summed E-state index contributed by atoms with van der Waals surface area (Å²) in [6.45, 7) is 5.14. The van der Waals surface area contributed by atoms with Crippen LogP contribution in [-0.4, -0.2) is 27.4 Å². The van der Waals surface area contributed by atoms with Crippen LogP contribution >= 0.6 is 0 Å². The van der Waals surface area contributed by atoms with Crippen molar-refractivity contribution in [1.29, 1.82) is 0 Å². The number of primary amides is 1. The van der Waals surface area contributed by atoms with Gasteiger partial charge in [-0.3, -0.25) is 4.79 Å². The molecule has 0 aliphatic heterocycles. The SMILES string of the molecule is CC(C)(C)OC(=O)n1cc(C(N)=O)c(-c2ccc(F)cc2)n1. The van der Waals surface area contributed by atoms with Gasteiger partial charge in [0.1, 0.15) is 17.1 Å². The highest BCUT2D eigenvalue weighted by atomic mass is 19.1. The van der Waals surface area contributed by atoms with Gasteiger partial charge in [-0.15, -0.1) is 0 Å². The minimum atomic E-state index is -0.742. The summed E-state index contributed by atoms with van der Waals surface area (Å²) in [4.78, 5) is 23.5. The Kier molecular flexibility index (Phi) is 3.99. The van der Waals surface area contributed by atoms with Crippen molar-refractivity contribution < 1.29 is 18.7 Å². The summed E-state index contributed by atoms with van der Waals surface area (Å²) < 4.78 is 19.1. The highest BCUT2D eigenvalue weighted by molar-refractivity contribution is 5.99. The lowest BCUT2D eigenvalue weighted by molar-refractivity contribution is 0.0515. The van der Waals surface area contributed by atoms with Crippen LogP contribution in [0.1, 0.15) is 31.1 Å². The number of hydrogen-bond donors (Lipinski definition) is 1. The quantitative estimate of drug-likeness (QED) is 0.923. The van der Waals surface area contributed by atoms with Crippen LogP contribution in [0.4, 0.5) is 9.18 Å². The third-order valence-electron chi connectivity index (χ3n) is 2.68. The molecule has 2 aromatic rings. The van der Waals surface area contributed by atoms with Crippen LogP contribution in [0, 0.1) is 5.82 Å². The molecule has 0 radical (unpaired) electrons. The van der Waals surface area contributed by atoms with E-state index in [9.17, 15) is 14.0 Å². The molecule has 0 saturated heterocycles. The topological polar surface area (TPSA) is 87.2 Å². The van der Waals surface area contributed by atoms with Crippen molar-refractivity contribution in [2.24, 2.45) is 5.73 Å². The normalized spacial score (nSPS) is 11.3. The van der Waals surface area contributed by atoms with Gasteiger partial charge in [0.15, 0.2) is 0 Å². The lowest BCUT2D eigenvalue weighted by Crippen LogP contribution is -2.27. The lowest BCUT2D eigenvalue weighted by Gasteiger charge is -2.18. The van der Waals surface area contributed by atoms with E-state index >= 15 is 0 Å². The molecule has 2 rings (SSSR count). The standard InChI is InChI=1S/C15H16FN3O3/c1-15(2,3)22-14(21)19-8-11(13(17)20)12(18-19)9-4-6-10(16)7-5-9/h4-8H,1-3H3,(H2,17,20). The van der Waals surface area contributed by atoms with Crippen molar-refractivity contribution in [3.63, 3.8) is 0 Å². The molecule has 0 bridgehead atoms. The molecular formula is C15H16FN3O3. The van der Waals surface area contributed by atoms with Gasteiger partial charge >= 0.3 is 6.09 Å². The summed E-state index contributed by atoms with van der Waals surface area (Å²) in [6, 6.07) is 5.35. The van der Waals surface area contributed by atoms with E-state index in [1.165, 1.54) is 30.5 Å². The molecule has 0 fully saturated rings. The Bertz CT molecular complexity index is 715. The highest BCUT2D eigenvalue weighted by Gasteiger charge is 2.22. The highest BCUT2D eigenvalue weighted by Crippen LogP contribution is 2.22. The number of hydrogen-bond acceptors (Lipinski definition) is 4. The fourth-order valence-corrected chi connectivity index (χ4v) is 1.78. The van der Waals surface area contributed by atoms with E-state index in [1.807, 2.05) is 0 Å². The van der Waals surface area contributed by atoms with Crippen molar-refractivity contribution in [2.45, 2.75) is 26.4 Å². The van der Waals surface area contributed by atoms with Gasteiger partial charge in [0.25, 0.3) is 5.91 Å². The summed E-state index contributed by atoms with van der Waals surface area (Å²) in [5.74, 6) is -1.16. The first-order chi connectivity index (χ1) is 10.2. The molecule has 6 nitrogen and oxygen atoms in total. The molecule has 0 aliphatic rings. The molecule has 0 saturated carbocycles. The molecule has 1 aromatic heterocycles.